The smallest absolute Gasteiger partial charge is 0.230 e. The van der Waals surface area contributed by atoms with Crippen LogP contribution in [0.15, 0.2) is 36.5 Å². The summed E-state index contributed by atoms with van der Waals surface area (Å²) in [6.07, 6.45) is 3.15. The van der Waals surface area contributed by atoms with Crippen molar-refractivity contribution in [1.29, 1.82) is 0 Å². The normalized spacial score (nSPS) is 10.3. The number of carbonyl (C=O) groups excluding carboxylic acids is 1. The van der Waals surface area contributed by atoms with Crippen LogP contribution in [0.5, 0.6) is 0 Å². The van der Waals surface area contributed by atoms with Gasteiger partial charge in [0.05, 0.1) is 23.5 Å². The van der Waals surface area contributed by atoms with E-state index in [-0.39, 0.29) is 12.3 Å². The molecule has 2 aromatic rings. The monoisotopic (exact) mass is 272 g/mol. The topological polar surface area (TPSA) is 58.9 Å². The summed E-state index contributed by atoms with van der Waals surface area (Å²) < 4.78 is 1.69. The Morgan fingerprint density at radius 1 is 1.25 bits per heavy atom. The summed E-state index contributed by atoms with van der Waals surface area (Å²) in [6.45, 7) is 2.99. The van der Waals surface area contributed by atoms with E-state index in [2.05, 4.69) is 22.7 Å². The van der Waals surface area contributed by atoms with Crippen molar-refractivity contribution in [3.8, 4) is 0 Å². The molecule has 2 rings (SSSR count). The van der Waals surface area contributed by atoms with Crippen LogP contribution in [0.25, 0.3) is 0 Å². The fraction of sp³-hybridized carbons (Fsp3) is 0.333. The van der Waals surface area contributed by atoms with Gasteiger partial charge in [0, 0.05) is 19.8 Å². The molecule has 106 valence electrons. The molecule has 0 atom stereocenters. The van der Waals surface area contributed by atoms with Gasteiger partial charge in [-0.3, -0.25) is 9.48 Å². The van der Waals surface area contributed by atoms with Crippen LogP contribution in [0.4, 0.5) is 11.4 Å². The van der Waals surface area contributed by atoms with Crippen LogP contribution in [0, 0.1) is 0 Å². The first-order valence-corrected chi connectivity index (χ1v) is 6.80. The summed E-state index contributed by atoms with van der Waals surface area (Å²) >= 11 is 0. The lowest BCUT2D eigenvalue weighted by Crippen LogP contribution is -2.16. The third-order valence-electron chi connectivity index (χ3n) is 2.88. The lowest BCUT2D eigenvalue weighted by atomic mass is 10.2. The van der Waals surface area contributed by atoms with E-state index in [1.807, 2.05) is 43.6 Å². The van der Waals surface area contributed by atoms with E-state index >= 15 is 0 Å². The zero-order chi connectivity index (χ0) is 14.4. The zero-order valence-electron chi connectivity index (χ0n) is 11.9. The molecule has 0 fully saturated rings. The van der Waals surface area contributed by atoms with E-state index in [0.717, 1.165) is 30.0 Å². The number of para-hydroxylation sites is 2. The van der Waals surface area contributed by atoms with Crippen molar-refractivity contribution in [3.05, 3.63) is 42.2 Å². The van der Waals surface area contributed by atoms with E-state index in [1.54, 1.807) is 4.68 Å². The summed E-state index contributed by atoms with van der Waals surface area (Å²) in [5.74, 6) is -0.0607. The van der Waals surface area contributed by atoms with Gasteiger partial charge in [0.1, 0.15) is 0 Å². The molecule has 1 amide bonds. The number of nitrogens with zero attached hydrogens (tertiary/aromatic N) is 2. The number of aromatic nitrogens is 2. The molecule has 0 bridgehead atoms. The molecule has 20 heavy (non-hydrogen) atoms. The highest BCUT2D eigenvalue weighted by Crippen LogP contribution is 2.21. The minimum Gasteiger partial charge on any atom is -0.383 e. The fourth-order valence-corrected chi connectivity index (χ4v) is 1.92. The second-order valence-corrected chi connectivity index (χ2v) is 4.68. The SMILES string of the molecule is CCCNc1ccccc1NC(=O)Cc1ccn(C)n1. The fourth-order valence-electron chi connectivity index (χ4n) is 1.92. The van der Waals surface area contributed by atoms with Gasteiger partial charge in [0.25, 0.3) is 0 Å². The van der Waals surface area contributed by atoms with Gasteiger partial charge < -0.3 is 10.6 Å². The minimum atomic E-state index is -0.0607. The Morgan fingerprint density at radius 3 is 2.65 bits per heavy atom. The average molecular weight is 272 g/mol. The molecule has 0 aliphatic carbocycles. The highest BCUT2D eigenvalue weighted by molar-refractivity contribution is 5.95. The Morgan fingerprint density at radius 2 is 2.00 bits per heavy atom. The van der Waals surface area contributed by atoms with Crippen LogP contribution >= 0.6 is 0 Å². The molecule has 1 heterocycles. The number of amides is 1. The van der Waals surface area contributed by atoms with Crippen LogP contribution in [0.3, 0.4) is 0 Å². The largest absolute Gasteiger partial charge is 0.383 e. The highest BCUT2D eigenvalue weighted by Gasteiger charge is 2.08. The van der Waals surface area contributed by atoms with E-state index in [0.29, 0.717) is 0 Å². The Balaban J connectivity index is 2.00. The second kappa shape index (κ2) is 6.75. The van der Waals surface area contributed by atoms with Gasteiger partial charge in [-0.15, -0.1) is 0 Å². The molecule has 0 aliphatic rings. The van der Waals surface area contributed by atoms with Crippen molar-refractivity contribution in [2.45, 2.75) is 19.8 Å². The summed E-state index contributed by atoms with van der Waals surface area (Å²) in [5, 5.41) is 10.4. The van der Waals surface area contributed by atoms with Gasteiger partial charge in [-0.25, -0.2) is 0 Å². The van der Waals surface area contributed by atoms with Gasteiger partial charge in [-0.1, -0.05) is 19.1 Å². The number of nitrogens with one attached hydrogen (secondary N) is 2. The molecular formula is C15H20N4O. The maximum atomic E-state index is 12.0. The molecule has 0 radical (unpaired) electrons. The molecule has 0 unspecified atom stereocenters. The molecule has 0 saturated heterocycles. The van der Waals surface area contributed by atoms with Crippen LogP contribution in [0.1, 0.15) is 19.0 Å². The summed E-state index contributed by atoms with van der Waals surface area (Å²) in [4.78, 5) is 12.0. The standard InChI is InChI=1S/C15H20N4O/c1-3-9-16-13-6-4-5-7-14(13)17-15(20)11-12-8-10-19(2)18-12/h4-8,10,16H,3,9,11H2,1-2H3,(H,17,20). The average Bonchev–Trinajstić information content (AvgIpc) is 2.83. The van der Waals surface area contributed by atoms with Crippen molar-refractivity contribution in [2.75, 3.05) is 17.2 Å². The van der Waals surface area contributed by atoms with Crippen molar-refractivity contribution in [3.63, 3.8) is 0 Å². The minimum absolute atomic E-state index is 0.0607. The van der Waals surface area contributed by atoms with E-state index < -0.39 is 0 Å². The number of carbonyl (C=O) groups is 1. The Bertz CT molecular complexity index is 577. The van der Waals surface area contributed by atoms with Gasteiger partial charge in [0.15, 0.2) is 0 Å². The molecule has 5 heteroatoms. The second-order valence-electron chi connectivity index (χ2n) is 4.68. The first kappa shape index (κ1) is 14.1. The first-order valence-electron chi connectivity index (χ1n) is 6.80. The number of hydrogen-bond acceptors (Lipinski definition) is 3. The number of benzene rings is 1. The van der Waals surface area contributed by atoms with E-state index in [9.17, 15) is 4.79 Å². The maximum Gasteiger partial charge on any atom is 0.230 e. The lowest BCUT2D eigenvalue weighted by Gasteiger charge is -2.12. The zero-order valence-corrected chi connectivity index (χ0v) is 11.9. The quantitative estimate of drug-likeness (QED) is 0.849. The van der Waals surface area contributed by atoms with Gasteiger partial charge >= 0.3 is 0 Å². The summed E-state index contributed by atoms with van der Waals surface area (Å²) in [7, 11) is 1.84. The molecule has 0 spiro atoms. The van der Waals surface area contributed by atoms with Crippen molar-refractivity contribution < 1.29 is 4.79 Å². The number of anilines is 2. The molecule has 1 aromatic heterocycles. The van der Waals surface area contributed by atoms with Gasteiger partial charge in [0.2, 0.25) is 5.91 Å². The number of aryl methyl sites for hydroxylation is 1. The molecule has 2 N–H and O–H groups in total. The van der Waals surface area contributed by atoms with Crippen molar-refractivity contribution >= 4 is 17.3 Å². The predicted octanol–water partition coefficient (Wildman–Crippen LogP) is 2.42. The van der Waals surface area contributed by atoms with E-state index in [4.69, 9.17) is 0 Å². The third kappa shape index (κ3) is 3.85. The highest BCUT2D eigenvalue weighted by atomic mass is 16.1. The summed E-state index contributed by atoms with van der Waals surface area (Å²) in [6, 6.07) is 9.57. The molecule has 5 nitrogen and oxygen atoms in total. The maximum absolute atomic E-state index is 12.0. The Hall–Kier alpha value is -2.30. The van der Waals surface area contributed by atoms with Gasteiger partial charge in [-0.2, -0.15) is 5.10 Å². The van der Waals surface area contributed by atoms with Crippen molar-refractivity contribution in [2.24, 2.45) is 7.05 Å². The van der Waals surface area contributed by atoms with Crippen molar-refractivity contribution in [1.82, 2.24) is 9.78 Å². The molecular weight excluding hydrogens is 252 g/mol. The van der Waals surface area contributed by atoms with Crippen LogP contribution in [-0.2, 0) is 18.3 Å². The predicted molar refractivity (Wildman–Crippen MR) is 80.8 cm³/mol. The lowest BCUT2D eigenvalue weighted by molar-refractivity contribution is -0.115. The molecule has 1 aromatic carbocycles. The number of hydrogen-bond donors (Lipinski definition) is 2. The Kier molecular flexibility index (Phi) is 4.76. The van der Waals surface area contributed by atoms with E-state index in [1.165, 1.54) is 0 Å². The van der Waals surface area contributed by atoms with Crippen LogP contribution in [-0.4, -0.2) is 22.2 Å². The van der Waals surface area contributed by atoms with Crippen LogP contribution < -0.4 is 10.6 Å². The third-order valence-corrected chi connectivity index (χ3v) is 2.88. The Labute approximate surface area is 119 Å². The number of rotatable bonds is 6. The van der Waals surface area contributed by atoms with Crippen LogP contribution in [0.2, 0.25) is 0 Å². The summed E-state index contributed by atoms with van der Waals surface area (Å²) in [5.41, 5.74) is 2.52. The van der Waals surface area contributed by atoms with Gasteiger partial charge in [-0.05, 0) is 24.6 Å². The molecule has 0 saturated carbocycles. The first-order chi connectivity index (χ1) is 9.69. The molecule has 0 aliphatic heterocycles.